The van der Waals surface area contributed by atoms with E-state index in [1.165, 1.54) is 41.3 Å². The number of para-hydroxylation sites is 1. The molecule has 0 saturated carbocycles. The Morgan fingerprint density at radius 3 is 2.29 bits per heavy atom. The predicted octanol–water partition coefficient (Wildman–Crippen LogP) is 1.58. The number of aromatic hydroxyl groups is 1. The maximum atomic E-state index is 13.8. The highest BCUT2D eigenvalue weighted by Gasteiger charge is 2.38. The Morgan fingerprint density at radius 2 is 1.60 bits per heavy atom. The van der Waals surface area contributed by atoms with Gasteiger partial charge in [-0.25, -0.2) is 0 Å². The average molecular weight is 656 g/mol. The number of nitro benzene ring substituents is 1. The molecule has 0 spiro atoms. The highest BCUT2D eigenvalue weighted by atomic mass is 16.6. The number of nitrogens with zero attached hydrogens (tertiary/aromatic N) is 2. The van der Waals surface area contributed by atoms with E-state index in [4.69, 9.17) is 11.5 Å². The topological polar surface area (TPSA) is 227 Å². The van der Waals surface area contributed by atoms with Crippen LogP contribution in [0.3, 0.4) is 0 Å². The van der Waals surface area contributed by atoms with Gasteiger partial charge in [0.2, 0.25) is 23.6 Å². The van der Waals surface area contributed by atoms with E-state index in [-0.39, 0.29) is 30.7 Å². The molecule has 5 rings (SSSR count). The predicted molar refractivity (Wildman–Crippen MR) is 176 cm³/mol. The molecule has 0 bridgehead atoms. The van der Waals surface area contributed by atoms with Crippen molar-refractivity contribution in [2.24, 2.45) is 11.5 Å². The van der Waals surface area contributed by atoms with Gasteiger partial charge in [-0.2, -0.15) is 0 Å². The Kier molecular flexibility index (Phi) is 10.3. The normalized spacial score (nSPS) is 16.2. The second kappa shape index (κ2) is 14.8. The summed E-state index contributed by atoms with van der Waals surface area (Å²) in [6.45, 7) is 0.318. The third kappa shape index (κ3) is 7.96. The van der Waals surface area contributed by atoms with Gasteiger partial charge in [-0.3, -0.25) is 29.3 Å². The molecule has 14 nitrogen and oxygen atoms in total. The number of nitrogens with two attached hydrogens (primary N) is 2. The van der Waals surface area contributed by atoms with Gasteiger partial charge in [0.25, 0.3) is 5.69 Å². The maximum absolute atomic E-state index is 13.8. The Labute approximate surface area is 275 Å². The van der Waals surface area contributed by atoms with Crippen molar-refractivity contribution in [1.82, 2.24) is 20.5 Å². The number of non-ortho nitro benzene ring substituents is 1. The molecule has 250 valence electrons. The summed E-state index contributed by atoms with van der Waals surface area (Å²) in [6.07, 6.45) is 2.91. The number of fused-ring (bicyclic) bond motifs is 1. The van der Waals surface area contributed by atoms with E-state index < -0.39 is 52.7 Å². The number of aromatic nitrogens is 1. The molecule has 1 aromatic heterocycles. The molecule has 4 amide bonds. The van der Waals surface area contributed by atoms with Crippen LogP contribution >= 0.6 is 0 Å². The number of carbonyl (C=O) groups is 4. The summed E-state index contributed by atoms with van der Waals surface area (Å²) in [5.41, 5.74) is 14.6. The molecule has 1 saturated heterocycles. The van der Waals surface area contributed by atoms with Gasteiger partial charge in [0.15, 0.2) is 0 Å². The Hall–Kier alpha value is -5.76. The number of nitro groups is 1. The molecule has 1 aliphatic heterocycles. The fourth-order valence-electron chi connectivity index (χ4n) is 5.97. The molecule has 0 aliphatic carbocycles. The van der Waals surface area contributed by atoms with Gasteiger partial charge in [-0.05, 0) is 54.2 Å². The molecule has 3 aromatic carbocycles. The van der Waals surface area contributed by atoms with Crippen LogP contribution in [-0.2, 0) is 38.4 Å². The van der Waals surface area contributed by atoms with E-state index in [0.717, 1.165) is 22.0 Å². The maximum Gasteiger partial charge on any atom is 0.269 e. The van der Waals surface area contributed by atoms with E-state index in [9.17, 15) is 34.4 Å². The molecule has 1 fully saturated rings. The number of H-pyrrole nitrogens is 1. The average Bonchev–Trinajstić information content (AvgIpc) is 3.73. The summed E-state index contributed by atoms with van der Waals surface area (Å²) in [7, 11) is 0. The molecular formula is C34H37N7O7. The van der Waals surface area contributed by atoms with Crippen LogP contribution in [-0.4, -0.2) is 74.3 Å². The third-order valence-electron chi connectivity index (χ3n) is 8.53. The summed E-state index contributed by atoms with van der Waals surface area (Å²) in [4.78, 5) is 68.5. The van der Waals surface area contributed by atoms with Crippen molar-refractivity contribution in [3.05, 3.63) is 106 Å². The first-order chi connectivity index (χ1) is 23.0. The molecule has 0 unspecified atom stereocenters. The highest BCUT2D eigenvalue weighted by Crippen LogP contribution is 2.22. The van der Waals surface area contributed by atoms with Gasteiger partial charge in [-0.15, -0.1) is 0 Å². The number of rotatable bonds is 13. The molecule has 4 aromatic rings. The fraction of sp³-hybridized carbons (Fsp3) is 0.294. The van der Waals surface area contributed by atoms with Crippen molar-refractivity contribution in [3.8, 4) is 5.75 Å². The lowest BCUT2D eigenvalue weighted by atomic mass is 10.0. The van der Waals surface area contributed by atoms with Crippen molar-refractivity contribution < 1.29 is 29.2 Å². The van der Waals surface area contributed by atoms with Crippen LogP contribution in [0.2, 0.25) is 0 Å². The lowest BCUT2D eigenvalue weighted by Gasteiger charge is -2.29. The molecule has 48 heavy (non-hydrogen) atoms. The monoisotopic (exact) mass is 655 g/mol. The number of carbonyl (C=O) groups excluding carboxylic acids is 4. The number of hydrogen-bond donors (Lipinski definition) is 6. The van der Waals surface area contributed by atoms with Gasteiger partial charge in [0.05, 0.1) is 11.0 Å². The lowest BCUT2D eigenvalue weighted by Crippen LogP contribution is -2.58. The first-order valence-corrected chi connectivity index (χ1v) is 15.5. The van der Waals surface area contributed by atoms with Gasteiger partial charge in [-0.1, -0.05) is 42.5 Å². The number of likely N-dealkylation sites (tertiary alicyclic amines) is 1. The van der Waals surface area contributed by atoms with E-state index in [1.807, 2.05) is 24.3 Å². The summed E-state index contributed by atoms with van der Waals surface area (Å²) in [5.74, 6) is -2.35. The minimum atomic E-state index is -1.18. The quantitative estimate of drug-likeness (QED) is 0.0913. The van der Waals surface area contributed by atoms with Gasteiger partial charge >= 0.3 is 0 Å². The van der Waals surface area contributed by atoms with E-state index in [1.54, 1.807) is 18.3 Å². The minimum absolute atomic E-state index is 0.0311. The minimum Gasteiger partial charge on any atom is -0.508 e. The van der Waals surface area contributed by atoms with Crippen molar-refractivity contribution in [2.75, 3.05) is 6.54 Å². The zero-order valence-corrected chi connectivity index (χ0v) is 26.0. The number of nitrogens with one attached hydrogen (secondary N) is 3. The summed E-state index contributed by atoms with van der Waals surface area (Å²) in [6, 6.07) is 15.2. The first kappa shape index (κ1) is 33.6. The number of phenolic OH excluding ortho intramolecular Hbond substituents is 1. The zero-order valence-electron chi connectivity index (χ0n) is 26.0. The van der Waals surface area contributed by atoms with Crippen molar-refractivity contribution in [3.63, 3.8) is 0 Å². The number of phenols is 1. The Bertz CT molecular complexity index is 1810. The standard InChI is InChI=1S/C34H37N7O7/c35-26(16-20-9-13-24(42)14-10-20)34(46)40-15-3-6-30(40)33(45)39-29(18-22-19-37-27-5-2-1-4-25(22)27)32(44)38-28(31(36)43)17-21-7-11-23(12-8-21)41(47)48/h1-2,4-5,7-14,19,26,28-30,37,42H,3,6,15-18,35H2,(H2,36,43)(H,38,44)(H,39,45)/t26-,28-,29-,30-/m0/s1. The summed E-state index contributed by atoms with van der Waals surface area (Å²) < 4.78 is 0. The van der Waals surface area contributed by atoms with Gasteiger partial charge in [0.1, 0.15) is 23.9 Å². The smallest absolute Gasteiger partial charge is 0.269 e. The van der Waals surface area contributed by atoms with E-state index in [0.29, 0.717) is 24.9 Å². The van der Waals surface area contributed by atoms with Crippen molar-refractivity contribution in [2.45, 2.75) is 56.3 Å². The van der Waals surface area contributed by atoms with Gasteiger partial charge < -0.3 is 37.1 Å². The van der Waals surface area contributed by atoms with Crippen LogP contribution in [0, 0.1) is 10.1 Å². The second-order valence-corrected chi connectivity index (χ2v) is 11.9. The van der Waals surface area contributed by atoms with Crippen molar-refractivity contribution in [1.29, 1.82) is 0 Å². The highest BCUT2D eigenvalue weighted by molar-refractivity contribution is 5.95. The van der Waals surface area contributed by atoms with E-state index >= 15 is 0 Å². The Balaban J connectivity index is 1.33. The van der Waals surface area contributed by atoms with Gasteiger partial charge in [0, 0.05) is 48.6 Å². The van der Waals surface area contributed by atoms with E-state index in [2.05, 4.69) is 15.6 Å². The number of amides is 4. The molecule has 4 atom stereocenters. The Morgan fingerprint density at radius 1 is 0.938 bits per heavy atom. The molecule has 2 heterocycles. The number of aromatic amines is 1. The molecule has 0 radical (unpaired) electrons. The van der Waals surface area contributed by atoms with Crippen LogP contribution in [0.4, 0.5) is 5.69 Å². The third-order valence-corrected chi connectivity index (χ3v) is 8.53. The number of primary amides is 1. The zero-order chi connectivity index (χ0) is 34.4. The largest absolute Gasteiger partial charge is 0.508 e. The van der Waals surface area contributed by atoms with Crippen LogP contribution in [0.15, 0.2) is 79.0 Å². The van der Waals surface area contributed by atoms with Crippen molar-refractivity contribution >= 4 is 40.2 Å². The van der Waals surface area contributed by atoms with Crippen LogP contribution in [0.5, 0.6) is 5.75 Å². The molecule has 1 aliphatic rings. The molecular weight excluding hydrogens is 618 g/mol. The fourth-order valence-corrected chi connectivity index (χ4v) is 5.97. The van der Waals surface area contributed by atoms with Crippen LogP contribution in [0.1, 0.15) is 29.5 Å². The number of hydrogen-bond acceptors (Lipinski definition) is 8. The first-order valence-electron chi connectivity index (χ1n) is 15.5. The van der Waals surface area contributed by atoms with Crippen LogP contribution < -0.4 is 22.1 Å². The summed E-state index contributed by atoms with van der Waals surface area (Å²) in [5, 5.41) is 26.9. The SMILES string of the molecule is NC(=O)[C@H](Cc1ccc([N+](=O)[O-])cc1)NC(=O)[C@H](Cc1c[nH]c2ccccc12)NC(=O)[C@@H]1CCCN1C(=O)[C@@H](N)Cc1ccc(O)cc1. The second-order valence-electron chi connectivity index (χ2n) is 11.9. The van der Waals surface area contributed by atoms with Crippen LogP contribution in [0.25, 0.3) is 10.9 Å². The number of benzene rings is 3. The summed E-state index contributed by atoms with van der Waals surface area (Å²) >= 11 is 0. The lowest BCUT2D eigenvalue weighted by molar-refractivity contribution is -0.384. The molecule has 14 heteroatoms. The molecule has 8 N–H and O–H groups in total.